The molecule has 0 aliphatic carbocycles. The van der Waals surface area contributed by atoms with Crippen molar-refractivity contribution in [3.63, 3.8) is 0 Å². The zero-order chi connectivity index (χ0) is 13.9. The molecule has 3 heteroatoms. The molecule has 0 bridgehead atoms. The van der Waals surface area contributed by atoms with Crippen LogP contribution in [0.2, 0.25) is 0 Å². The first-order chi connectivity index (χ1) is 9.78. The minimum absolute atomic E-state index is 0.101. The summed E-state index contributed by atoms with van der Waals surface area (Å²) < 4.78 is 0. The maximum atomic E-state index is 6.37. The fraction of sp³-hybridized carbons (Fsp3) is 0.118. The number of hydrogen-bond donors (Lipinski definition) is 1. The van der Waals surface area contributed by atoms with Gasteiger partial charge in [-0.25, -0.2) is 0 Å². The van der Waals surface area contributed by atoms with Crippen LogP contribution >= 0.6 is 11.8 Å². The molecule has 2 nitrogen and oxygen atoms in total. The molecular weight excluding hydrogens is 264 g/mol. The predicted molar refractivity (Wildman–Crippen MR) is 86.0 cm³/mol. The molecule has 0 saturated heterocycles. The van der Waals surface area contributed by atoms with Gasteiger partial charge in [0.15, 0.2) is 0 Å². The summed E-state index contributed by atoms with van der Waals surface area (Å²) in [6, 6.07) is 18.5. The van der Waals surface area contributed by atoms with E-state index < -0.39 is 0 Å². The average Bonchev–Trinajstić information content (AvgIpc) is 2.54. The molecule has 1 atom stereocenters. The highest BCUT2D eigenvalue weighted by atomic mass is 32.2. The van der Waals surface area contributed by atoms with Gasteiger partial charge in [-0.3, -0.25) is 4.98 Å². The topological polar surface area (TPSA) is 38.9 Å². The summed E-state index contributed by atoms with van der Waals surface area (Å²) in [7, 11) is 0. The molecular formula is C17H16N2S. The molecule has 0 radical (unpaired) electrons. The Bertz CT molecular complexity index is 722. The van der Waals surface area contributed by atoms with Crippen LogP contribution in [0.5, 0.6) is 0 Å². The van der Waals surface area contributed by atoms with Crippen LogP contribution in [0.15, 0.2) is 65.7 Å². The monoisotopic (exact) mass is 280 g/mol. The van der Waals surface area contributed by atoms with Crippen molar-refractivity contribution in [2.75, 3.05) is 6.26 Å². The molecule has 3 rings (SSSR count). The summed E-state index contributed by atoms with van der Waals surface area (Å²) in [5.41, 5.74) is 9.62. The first-order valence-electron chi connectivity index (χ1n) is 6.52. The number of rotatable bonds is 3. The number of nitrogens with zero attached hydrogens (tertiary/aromatic N) is 1. The van der Waals surface area contributed by atoms with Gasteiger partial charge < -0.3 is 5.73 Å². The number of aromatic nitrogens is 1. The van der Waals surface area contributed by atoms with E-state index in [0.29, 0.717) is 0 Å². The minimum Gasteiger partial charge on any atom is -0.320 e. The maximum Gasteiger partial charge on any atom is 0.0702 e. The van der Waals surface area contributed by atoms with Gasteiger partial charge in [0.1, 0.15) is 0 Å². The second kappa shape index (κ2) is 5.65. The van der Waals surface area contributed by atoms with E-state index in [0.717, 1.165) is 22.0 Å². The van der Waals surface area contributed by atoms with Gasteiger partial charge in [-0.2, -0.15) is 0 Å². The Hall–Kier alpha value is -1.84. The van der Waals surface area contributed by atoms with Gasteiger partial charge in [-0.15, -0.1) is 11.8 Å². The summed E-state index contributed by atoms with van der Waals surface area (Å²) in [6.45, 7) is 0. The van der Waals surface area contributed by atoms with Crippen LogP contribution in [-0.2, 0) is 0 Å². The van der Waals surface area contributed by atoms with Crippen LogP contribution in [0.25, 0.3) is 10.9 Å². The third-order valence-electron chi connectivity index (χ3n) is 3.46. The fourth-order valence-corrected chi connectivity index (χ4v) is 2.70. The van der Waals surface area contributed by atoms with Crippen LogP contribution in [0.4, 0.5) is 0 Å². The Morgan fingerprint density at radius 1 is 1.00 bits per heavy atom. The van der Waals surface area contributed by atoms with Crippen LogP contribution in [-0.4, -0.2) is 11.2 Å². The lowest BCUT2D eigenvalue weighted by Crippen LogP contribution is -2.11. The fourth-order valence-electron chi connectivity index (χ4n) is 2.29. The van der Waals surface area contributed by atoms with E-state index in [1.165, 1.54) is 4.90 Å². The summed E-state index contributed by atoms with van der Waals surface area (Å²) in [4.78, 5) is 5.59. The van der Waals surface area contributed by atoms with E-state index >= 15 is 0 Å². The second-order valence-corrected chi connectivity index (χ2v) is 5.59. The summed E-state index contributed by atoms with van der Waals surface area (Å²) in [5.74, 6) is 0. The molecule has 1 aromatic heterocycles. The van der Waals surface area contributed by atoms with Crippen molar-refractivity contribution in [1.29, 1.82) is 0 Å². The molecule has 1 heterocycles. The molecule has 0 fully saturated rings. The van der Waals surface area contributed by atoms with Crippen molar-refractivity contribution in [2.24, 2.45) is 5.73 Å². The quantitative estimate of drug-likeness (QED) is 0.737. The summed E-state index contributed by atoms with van der Waals surface area (Å²) in [6.07, 6.45) is 3.88. The van der Waals surface area contributed by atoms with E-state index in [-0.39, 0.29) is 6.04 Å². The first kappa shape index (κ1) is 13.2. The van der Waals surface area contributed by atoms with E-state index in [9.17, 15) is 0 Å². The predicted octanol–water partition coefficient (Wildman–Crippen LogP) is 4.00. The van der Waals surface area contributed by atoms with Crippen molar-refractivity contribution in [1.82, 2.24) is 4.98 Å². The van der Waals surface area contributed by atoms with Gasteiger partial charge in [0.2, 0.25) is 0 Å². The molecule has 3 aromatic rings. The molecule has 1 unspecified atom stereocenters. The summed E-state index contributed by atoms with van der Waals surface area (Å²) in [5, 5.41) is 1.13. The average molecular weight is 280 g/mol. The highest BCUT2D eigenvalue weighted by Crippen LogP contribution is 2.24. The second-order valence-electron chi connectivity index (χ2n) is 4.71. The molecule has 2 N–H and O–H groups in total. The zero-order valence-corrected chi connectivity index (χ0v) is 12.1. The van der Waals surface area contributed by atoms with E-state index in [4.69, 9.17) is 5.73 Å². The molecule has 100 valence electrons. The van der Waals surface area contributed by atoms with Crippen LogP contribution in [0.3, 0.4) is 0 Å². The van der Waals surface area contributed by atoms with Gasteiger partial charge in [-0.05, 0) is 47.7 Å². The molecule has 20 heavy (non-hydrogen) atoms. The third-order valence-corrected chi connectivity index (χ3v) is 4.20. The van der Waals surface area contributed by atoms with Gasteiger partial charge in [0.05, 0.1) is 11.6 Å². The lowest BCUT2D eigenvalue weighted by molar-refractivity contribution is 0.871. The Balaban J connectivity index is 1.96. The smallest absolute Gasteiger partial charge is 0.0702 e. The summed E-state index contributed by atoms with van der Waals surface area (Å²) >= 11 is 1.74. The van der Waals surface area contributed by atoms with Crippen molar-refractivity contribution >= 4 is 22.7 Å². The Labute approximate surface area is 123 Å². The van der Waals surface area contributed by atoms with E-state index in [2.05, 4.69) is 53.7 Å². The largest absolute Gasteiger partial charge is 0.320 e. The van der Waals surface area contributed by atoms with Crippen molar-refractivity contribution in [3.05, 3.63) is 71.9 Å². The first-order valence-corrected chi connectivity index (χ1v) is 7.74. The van der Waals surface area contributed by atoms with Crippen LogP contribution < -0.4 is 5.73 Å². The number of nitrogens with two attached hydrogens (primary N) is 1. The van der Waals surface area contributed by atoms with Gasteiger partial charge >= 0.3 is 0 Å². The van der Waals surface area contributed by atoms with Crippen molar-refractivity contribution in [2.45, 2.75) is 10.9 Å². The van der Waals surface area contributed by atoms with Gasteiger partial charge in [0, 0.05) is 16.5 Å². The van der Waals surface area contributed by atoms with Gasteiger partial charge in [-0.1, -0.05) is 24.3 Å². The molecule has 0 spiro atoms. The standard InChI is InChI=1S/C17H16N2S/c1-20-15-7-4-12(5-8-15)17(18)14-6-9-16-13(11-14)3-2-10-19-16/h2-11,17H,18H2,1H3. The lowest BCUT2D eigenvalue weighted by Gasteiger charge is -2.13. The van der Waals surface area contributed by atoms with E-state index in [1.54, 1.807) is 11.8 Å². The highest BCUT2D eigenvalue weighted by Gasteiger charge is 2.09. The zero-order valence-electron chi connectivity index (χ0n) is 11.3. The maximum absolute atomic E-state index is 6.37. The lowest BCUT2D eigenvalue weighted by atomic mass is 9.98. The SMILES string of the molecule is CSc1ccc(C(N)c2ccc3ncccc3c2)cc1. The Morgan fingerprint density at radius 2 is 1.75 bits per heavy atom. The molecule has 2 aromatic carbocycles. The van der Waals surface area contributed by atoms with Crippen LogP contribution in [0.1, 0.15) is 17.2 Å². The number of benzene rings is 2. The number of pyridine rings is 1. The molecule has 0 saturated carbocycles. The number of fused-ring (bicyclic) bond motifs is 1. The molecule has 0 aliphatic rings. The molecule has 0 aliphatic heterocycles. The minimum atomic E-state index is -0.101. The highest BCUT2D eigenvalue weighted by molar-refractivity contribution is 7.98. The molecule has 0 amide bonds. The van der Waals surface area contributed by atoms with Crippen LogP contribution in [0, 0.1) is 0 Å². The van der Waals surface area contributed by atoms with Gasteiger partial charge in [0.25, 0.3) is 0 Å². The van der Waals surface area contributed by atoms with E-state index in [1.807, 2.05) is 18.3 Å². The van der Waals surface area contributed by atoms with Crippen molar-refractivity contribution in [3.8, 4) is 0 Å². The Kier molecular flexibility index (Phi) is 3.72. The normalized spacial score (nSPS) is 12.5. The Morgan fingerprint density at radius 3 is 2.50 bits per heavy atom. The van der Waals surface area contributed by atoms with Crippen molar-refractivity contribution < 1.29 is 0 Å². The number of thioether (sulfide) groups is 1. The third kappa shape index (κ3) is 2.55. The number of hydrogen-bond acceptors (Lipinski definition) is 3.